The molecule has 1 aliphatic heterocycles. The second-order valence-electron chi connectivity index (χ2n) is 6.61. The Morgan fingerprint density at radius 1 is 1.33 bits per heavy atom. The molecule has 0 aromatic heterocycles. The smallest absolute Gasteiger partial charge is 0.177 e. The van der Waals surface area contributed by atoms with Gasteiger partial charge < -0.3 is 10.1 Å². The van der Waals surface area contributed by atoms with E-state index >= 15 is 0 Å². The molecule has 2 nitrogen and oxygen atoms in total. The van der Waals surface area contributed by atoms with Crippen molar-refractivity contribution in [3.63, 3.8) is 0 Å². The second-order valence-corrected chi connectivity index (χ2v) is 7.02. The van der Waals surface area contributed by atoms with Gasteiger partial charge in [-0.05, 0) is 68.6 Å². The molecule has 0 bridgehead atoms. The third-order valence-electron chi connectivity index (χ3n) is 4.99. The van der Waals surface area contributed by atoms with Gasteiger partial charge in [0.25, 0.3) is 0 Å². The Bertz CT molecular complexity index is 299. The quantitative estimate of drug-likeness (QED) is 0.790. The molecule has 18 heavy (non-hydrogen) atoms. The molecule has 0 aromatic rings. The Kier molecular flexibility index (Phi) is 4.65. The fraction of sp³-hybridized carbons (Fsp3) is 0.933. The lowest BCUT2D eigenvalue weighted by Gasteiger charge is -2.41. The van der Waals surface area contributed by atoms with Gasteiger partial charge in [-0.2, -0.15) is 0 Å². The summed E-state index contributed by atoms with van der Waals surface area (Å²) in [7, 11) is 0. The SMILES string of the molecule is CC(C)C1(C)CCCC(OC(=S)[C@@H]2CCCN2)C1. The maximum absolute atomic E-state index is 6.09. The Hall–Kier alpha value is -0.150. The molecule has 3 atom stereocenters. The van der Waals surface area contributed by atoms with E-state index in [1.807, 2.05) is 0 Å². The first-order chi connectivity index (χ1) is 8.51. The van der Waals surface area contributed by atoms with Crippen LogP contribution in [0.1, 0.15) is 59.3 Å². The van der Waals surface area contributed by atoms with Gasteiger partial charge in [-0.3, -0.25) is 0 Å². The molecule has 2 aliphatic rings. The summed E-state index contributed by atoms with van der Waals surface area (Å²) in [5.74, 6) is 0.724. The van der Waals surface area contributed by atoms with Gasteiger partial charge in [-0.15, -0.1) is 0 Å². The Morgan fingerprint density at radius 2 is 2.11 bits per heavy atom. The topological polar surface area (TPSA) is 21.3 Å². The average Bonchev–Trinajstić information content (AvgIpc) is 2.82. The highest BCUT2D eigenvalue weighted by Gasteiger charge is 2.36. The number of hydrogen-bond acceptors (Lipinski definition) is 3. The summed E-state index contributed by atoms with van der Waals surface area (Å²) in [4.78, 5) is 0. The molecule has 0 amide bonds. The molecule has 1 heterocycles. The zero-order chi connectivity index (χ0) is 13.2. The van der Waals surface area contributed by atoms with Crippen LogP contribution in [0.2, 0.25) is 0 Å². The van der Waals surface area contributed by atoms with Crippen LogP contribution in [0.25, 0.3) is 0 Å². The van der Waals surface area contributed by atoms with Gasteiger partial charge in [0, 0.05) is 0 Å². The summed E-state index contributed by atoms with van der Waals surface area (Å²) in [6.45, 7) is 8.16. The van der Waals surface area contributed by atoms with Crippen LogP contribution in [-0.2, 0) is 4.74 Å². The van der Waals surface area contributed by atoms with Gasteiger partial charge in [0.2, 0.25) is 0 Å². The highest BCUT2D eigenvalue weighted by Crippen LogP contribution is 2.43. The average molecular weight is 269 g/mol. The lowest BCUT2D eigenvalue weighted by atomic mass is 9.67. The summed E-state index contributed by atoms with van der Waals surface area (Å²) < 4.78 is 6.09. The van der Waals surface area contributed by atoms with Gasteiger partial charge >= 0.3 is 0 Å². The molecule has 104 valence electrons. The molecule has 2 rings (SSSR count). The minimum absolute atomic E-state index is 0.326. The predicted molar refractivity (Wildman–Crippen MR) is 79.9 cm³/mol. The number of rotatable bonds is 3. The molecule has 1 saturated heterocycles. The van der Waals surface area contributed by atoms with Crippen molar-refractivity contribution in [2.24, 2.45) is 11.3 Å². The number of nitrogens with one attached hydrogen (secondary N) is 1. The van der Waals surface area contributed by atoms with Gasteiger partial charge in [0.05, 0.1) is 12.1 Å². The van der Waals surface area contributed by atoms with Crippen LogP contribution >= 0.6 is 12.2 Å². The maximum Gasteiger partial charge on any atom is 0.177 e. The molecule has 2 unspecified atom stereocenters. The molecule has 0 aromatic carbocycles. The summed E-state index contributed by atoms with van der Waals surface area (Å²) in [5.41, 5.74) is 0.432. The highest BCUT2D eigenvalue weighted by molar-refractivity contribution is 7.80. The zero-order valence-corrected chi connectivity index (χ0v) is 12.8. The van der Waals surface area contributed by atoms with Crippen LogP contribution in [-0.4, -0.2) is 23.7 Å². The van der Waals surface area contributed by atoms with E-state index in [1.165, 1.54) is 25.7 Å². The first-order valence-electron chi connectivity index (χ1n) is 7.45. The predicted octanol–water partition coefficient (Wildman–Crippen LogP) is 3.69. The lowest BCUT2D eigenvalue weighted by molar-refractivity contribution is 0.0370. The van der Waals surface area contributed by atoms with Crippen LogP contribution in [0.15, 0.2) is 0 Å². The van der Waals surface area contributed by atoms with Crippen molar-refractivity contribution in [3.05, 3.63) is 0 Å². The zero-order valence-electron chi connectivity index (χ0n) is 12.0. The van der Waals surface area contributed by atoms with E-state index in [0.29, 0.717) is 17.6 Å². The van der Waals surface area contributed by atoms with Crippen molar-refractivity contribution in [1.29, 1.82) is 0 Å². The van der Waals surface area contributed by atoms with E-state index in [2.05, 4.69) is 26.1 Å². The minimum atomic E-state index is 0.326. The molecular weight excluding hydrogens is 242 g/mol. The van der Waals surface area contributed by atoms with Gasteiger partial charge in [-0.1, -0.05) is 20.8 Å². The number of thiocarbonyl (C=S) groups is 1. The largest absolute Gasteiger partial charge is 0.482 e. The van der Waals surface area contributed by atoms with Crippen LogP contribution in [0.5, 0.6) is 0 Å². The van der Waals surface area contributed by atoms with Crippen molar-refractivity contribution < 1.29 is 4.74 Å². The minimum Gasteiger partial charge on any atom is -0.482 e. The van der Waals surface area contributed by atoms with E-state index in [1.54, 1.807) is 0 Å². The number of hydrogen-bond donors (Lipinski definition) is 1. The van der Waals surface area contributed by atoms with E-state index < -0.39 is 0 Å². The normalized spacial score (nSPS) is 36.9. The van der Waals surface area contributed by atoms with Crippen molar-refractivity contribution >= 4 is 17.3 Å². The third-order valence-corrected chi connectivity index (χ3v) is 5.37. The molecule has 2 fully saturated rings. The van der Waals surface area contributed by atoms with Crippen molar-refractivity contribution in [2.45, 2.75) is 71.4 Å². The monoisotopic (exact) mass is 269 g/mol. The van der Waals surface area contributed by atoms with Crippen LogP contribution in [0, 0.1) is 11.3 Å². The number of ether oxygens (including phenoxy) is 1. The van der Waals surface area contributed by atoms with E-state index in [-0.39, 0.29) is 0 Å². The maximum atomic E-state index is 6.09. The molecule has 3 heteroatoms. The lowest BCUT2D eigenvalue weighted by Crippen LogP contribution is -2.39. The Labute approximate surface area is 117 Å². The van der Waals surface area contributed by atoms with Gasteiger partial charge in [0.15, 0.2) is 5.05 Å². The Morgan fingerprint density at radius 3 is 2.72 bits per heavy atom. The van der Waals surface area contributed by atoms with Gasteiger partial charge in [0.1, 0.15) is 0 Å². The van der Waals surface area contributed by atoms with E-state index in [4.69, 9.17) is 17.0 Å². The molecule has 1 aliphatic carbocycles. The molecular formula is C15H27NOS. The van der Waals surface area contributed by atoms with Crippen LogP contribution < -0.4 is 5.32 Å². The van der Waals surface area contributed by atoms with E-state index in [9.17, 15) is 0 Å². The summed E-state index contributed by atoms with van der Waals surface area (Å²) in [6.07, 6.45) is 7.67. The fourth-order valence-corrected chi connectivity index (χ4v) is 3.55. The third kappa shape index (κ3) is 3.24. The fourth-order valence-electron chi connectivity index (χ4n) is 3.21. The summed E-state index contributed by atoms with van der Waals surface area (Å²) in [6, 6.07) is 0.326. The molecule has 0 radical (unpaired) electrons. The van der Waals surface area contributed by atoms with Gasteiger partial charge in [-0.25, -0.2) is 0 Å². The summed E-state index contributed by atoms with van der Waals surface area (Å²) >= 11 is 5.45. The first-order valence-corrected chi connectivity index (χ1v) is 7.86. The van der Waals surface area contributed by atoms with Crippen LogP contribution in [0.4, 0.5) is 0 Å². The molecule has 0 spiro atoms. The van der Waals surface area contributed by atoms with Crippen molar-refractivity contribution in [3.8, 4) is 0 Å². The van der Waals surface area contributed by atoms with Crippen LogP contribution in [0.3, 0.4) is 0 Å². The van der Waals surface area contributed by atoms with Crippen molar-refractivity contribution in [1.82, 2.24) is 5.32 Å². The highest BCUT2D eigenvalue weighted by atomic mass is 32.1. The molecule has 1 saturated carbocycles. The Balaban J connectivity index is 1.87. The first kappa shape index (κ1) is 14.3. The molecule has 1 N–H and O–H groups in total. The standard InChI is InChI=1S/C15H27NOS/c1-11(2)15(3)8-4-6-12(10-15)17-14(18)13-7-5-9-16-13/h11-13,16H,4-10H2,1-3H3/t12?,13-,15?/m0/s1. The van der Waals surface area contributed by atoms with Crippen molar-refractivity contribution in [2.75, 3.05) is 6.54 Å². The second kappa shape index (κ2) is 5.87. The van der Waals surface area contributed by atoms with E-state index in [0.717, 1.165) is 30.4 Å². The summed E-state index contributed by atoms with van der Waals surface area (Å²) in [5, 5.41) is 4.23.